The number of benzene rings is 1. The van der Waals surface area contributed by atoms with Crippen LogP contribution in [0.2, 0.25) is 0 Å². The monoisotopic (exact) mass is 222 g/mol. The predicted octanol–water partition coefficient (Wildman–Crippen LogP) is 1.98. The van der Waals surface area contributed by atoms with Crippen LogP contribution in [-0.4, -0.2) is 19.1 Å². The maximum atomic E-state index is 13.0. The summed E-state index contributed by atoms with van der Waals surface area (Å²) >= 11 is 0. The van der Waals surface area contributed by atoms with Gasteiger partial charge in [0, 0.05) is 25.7 Å². The molecule has 1 aromatic carbocycles. The maximum absolute atomic E-state index is 13.0. The molecule has 0 amide bonds. The Balaban J connectivity index is 1.65. The van der Waals surface area contributed by atoms with Gasteiger partial charge in [-0.3, -0.25) is 0 Å². The number of aryl methyl sites for hydroxylation is 1. The average Bonchev–Trinajstić information content (AvgIpc) is 3.07. The lowest BCUT2D eigenvalue weighted by molar-refractivity contribution is 0.602. The predicted molar refractivity (Wildman–Crippen MR) is 63.9 cm³/mol. The van der Waals surface area contributed by atoms with Gasteiger partial charge in [-0.2, -0.15) is 0 Å². The Labute approximate surface area is 96.2 Å². The van der Waals surface area contributed by atoms with E-state index in [1.54, 1.807) is 6.92 Å². The van der Waals surface area contributed by atoms with Crippen LogP contribution < -0.4 is 10.6 Å². The SMILES string of the molecule is Cc1cc(CNCCNC2CC2)ccc1F. The van der Waals surface area contributed by atoms with Gasteiger partial charge < -0.3 is 10.6 Å². The van der Waals surface area contributed by atoms with Crippen molar-refractivity contribution in [3.63, 3.8) is 0 Å². The van der Waals surface area contributed by atoms with E-state index in [2.05, 4.69) is 10.6 Å². The molecule has 1 fully saturated rings. The second-order valence-corrected chi connectivity index (χ2v) is 4.49. The van der Waals surface area contributed by atoms with Crippen molar-refractivity contribution >= 4 is 0 Å². The second kappa shape index (κ2) is 5.41. The highest BCUT2D eigenvalue weighted by Gasteiger charge is 2.19. The minimum Gasteiger partial charge on any atom is -0.313 e. The Kier molecular flexibility index (Phi) is 3.91. The zero-order valence-corrected chi connectivity index (χ0v) is 9.72. The Morgan fingerprint density at radius 3 is 2.81 bits per heavy atom. The minimum atomic E-state index is -0.126. The number of hydrogen-bond donors (Lipinski definition) is 2. The summed E-state index contributed by atoms with van der Waals surface area (Å²) in [5.74, 6) is -0.126. The number of hydrogen-bond acceptors (Lipinski definition) is 2. The van der Waals surface area contributed by atoms with Crippen molar-refractivity contribution in [3.8, 4) is 0 Å². The standard InChI is InChI=1S/C13H19FN2/c1-10-8-11(2-5-13(10)14)9-15-6-7-16-12-3-4-12/h2,5,8,12,15-16H,3-4,6-7,9H2,1H3. The molecule has 1 aromatic rings. The van der Waals surface area contributed by atoms with Gasteiger partial charge in [0.15, 0.2) is 0 Å². The molecule has 2 rings (SSSR count). The topological polar surface area (TPSA) is 24.1 Å². The van der Waals surface area contributed by atoms with Crippen LogP contribution in [0.3, 0.4) is 0 Å². The van der Waals surface area contributed by atoms with Crippen LogP contribution in [0.1, 0.15) is 24.0 Å². The first-order valence-corrected chi connectivity index (χ1v) is 5.95. The third-order valence-electron chi connectivity index (χ3n) is 2.86. The van der Waals surface area contributed by atoms with Crippen LogP contribution in [0.15, 0.2) is 18.2 Å². The summed E-state index contributed by atoms with van der Waals surface area (Å²) in [7, 11) is 0. The summed E-state index contributed by atoms with van der Waals surface area (Å²) in [6, 6.07) is 6.05. The first kappa shape index (κ1) is 11.6. The number of nitrogens with one attached hydrogen (secondary N) is 2. The van der Waals surface area contributed by atoms with Crippen molar-refractivity contribution in [2.75, 3.05) is 13.1 Å². The highest BCUT2D eigenvalue weighted by atomic mass is 19.1. The molecule has 2 N–H and O–H groups in total. The van der Waals surface area contributed by atoms with E-state index in [4.69, 9.17) is 0 Å². The van der Waals surface area contributed by atoms with Gasteiger partial charge in [-0.25, -0.2) is 4.39 Å². The lowest BCUT2D eigenvalue weighted by Gasteiger charge is -2.06. The summed E-state index contributed by atoms with van der Waals surface area (Å²) in [4.78, 5) is 0. The highest BCUT2D eigenvalue weighted by molar-refractivity contribution is 5.23. The van der Waals surface area contributed by atoms with Crippen molar-refractivity contribution < 1.29 is 4.39 Å². The largest absolute Gasteiger partial charge is 0.313 e. The van der Waals surface area contributed by atoms with Crippen LogP contribution in [0.4, 0.5) is 4.39 Å². The normalized spacial score (nSPS) is 15.4. The second-order valence-electron chi connectivity index (χ2n) is 4.49. The summed E-state index contributed by atoms with van der Waals surface area (Å²) in [6.07, 6.45) is 2.66. The lowest BCUT2D eigenvalue weighted by Crippen LogP contribution is -2.28. The third kappa shape index (κ3) is 3.58. The molecule has 0 spiro atoms. The Morgan fingerprint density at radius 1 is 1.31 bits per heavy atom. The van der Waals surface area contributed by atoms with Crippen LogP contribution in [0.25, 0.3) is 0 Å². The van der Waals surface area contributed by atoms with Crippen molar-refractivity contribution in [3.05, 3.63) is 35.1 Å². The average molecular weight is 222 g/mol. The molecule has 0 aliphatic heterocycles. The van der Waals surface area contributed by atoms with Crippen molar-refractivity contribution in [2.45, 2.75) is 32.4 Å². The number of halogens is 1. The molecule has 3 heteroatoms. The molecule has 0 heterocycles. The molecule has 0 unspecified atom stereocenters. The van der Waals surface area contributed by atoms with Crippen LogP contribution in [0, 0.1) is 12.7 Å². The molecule has 88 valence electrons. The van der Waals surface area contributed by atoms with Gasteiger partial charge in [-0.1, -0.05) is 12.1 Å². The van der Waals surface area contributed by atoms with Gasteiger partial charge in [0.25, 0.3) is 0 Å². The molecule has 1 aliphatic rings. The van der Waals surface area contributed by atoms with E-state index in [9.17, 15) is 4.39 Å². The third-order valence-corrected chi connectivity index (χ3v) is 2.86. The first-order valence-electron chi connectivity index (χ1n) is 5.95. The zero-order valence-electron chi connectivity index (χ0n) is 9.72. The van der Waals surface area contributed by atoms with Gasteiger partial charge in [0.2, 0.25) is 0 Å². The lowest BCUT2D eigenvalue weighted by atomic mass is 10.1. The number of rotatable bonds is 6. The van der Waals surface area contributed by atoms with Gasteiger partial charge >= 0.3 is 0 Å². The van der Waals surface area contributed by atoms with E-state index in [1.165, 1.54) is 18.9 Å². The van der Waals surface area contributed by atoms with Gasteiger partial charge in [-0.15, -0.1) is 0 Å². The van der Waals surface area contributed by atoms with E-state index in [1.807, 2.05) is 12.1 Å². The Hall–Kier alpha value is -0.930. The fourth-order valence-electron chi connectivity index (χ4n) is 1.70. The molecule has 0 aromatic heterocycles. The minimum absolute atomic E-state index is 0.126. The quantitative estimate of drug-likeness (QED) is 0.719. The summed E-state index contributed by atoms with van der Waals surface area (Å²) in [5, 5.41) is 6.79. The molecular formula is C13H19FN2. The fraction of sp³-hybridized carbons (Fsp3) is 0.538. The molecule has 1 saturated carbocycles. The van der Waals surface area contributed by atoms with Gasteiger partial charge in [0.05, 0.1) is 0 Å². The molecule has 0 atom stereocenters. The van der Waals surface area contributed by atoms with Crippen LogP contribution in [-0.2, 0) is 6.54 Å². The van der Waals surface area contributed by atoms with Crippen molar-refractivity contribution in [1.82, 2.24) is 10.6 Å². The summed E-state index contributed by atoms with van der Waals surface area (Å²) in [5.41, 5.74) is 1.86. The molecular weight excluding hydrogens is 203 g/mol. The van der Waals surface area contributed by atoms with E-state index in [-0.39, 0.29) is 5.82 Å². The maximum Gasteiger partial charge on any atom is 0.126 e. The smallest absolute Gasteiger partial charge is 0.126 e. The molecule has 0 radical (unpaired) electrons. The van der Waals surface area contributed by atoms with Crippen LogP contribution in [0.5, 0.6) is 0 Å². The molecule has 2 nitrogen and oxygen atoms in total. The summed E-state index contributed by atoms with van der Waals surface area (Å²) in [6.45, 7) is 4.60. The molecule has 0 saturated heterocycles. The van der Waals surface area contributed by atoms with Crippen molar-refractivity contribution in [2.24, 2.45) is 0 Å². The fourth-order valence-corrected chi connectivity index (χ4v) is 1.70. The van der Waals surface area contributed by atoms with Crippen molar-refractivity contribution in [1.29, 1.82) is 0 Å². The van der Waals surface area contributed by atoms with E-state index >= 15 is 0 Å². The first-order chi connectivity index (χ1) is 7.75. The van der Waals surface area contributed by atoms with E-state index < -0.39 is 0 Å². The van der Waals surface area contributed by atoms with Gasteiger partial charge in [-0.05, 0) is 37.0 Å². The molecule has 0 bridgehead atoms. The Bertz CT molecular complexity index is 348. The van der Waals surface area contributed by atoms with E-state index in [0.717, 1.165) is 36.8 Å². The Morgan fingerprint density at radius 2 is 2.12 bits per heavy atom. The van der Waals surface area contributed by atoms with Gasteiger partial charge in [0.1, 0.15) is 5.82 Å². The zero-order chi connectivity index (χ0) is 11.4. The highest BCUT2D eigenvalue weighted by Crippen LogP contribution is 2.17. The summed E-state index contributed by atoms with van der Waals surface area (Å²) < 4.78 is 13.0. The molecule has 16 heavy (non-hydrogen) atoms. The van der Waals surface area contributed by atoms with E-state index in [0.29, 0.717) is 0 Å². The van der Waals surface area contributed by atoms with Crippen LogP contribution >= 0.6 is 0 Å². The molecule has 1 aliphatic carbocycles.